The zero-order valence-corrected chi connectivity index (χ0v) is 13.9. The number of β-amino-alcohol motifs (C(OH)–C–C–N with tert-alkyl or cyclic N) is 1. The van der Waals surface area contributed by atoms with Crippen molar-refractivity contribution >= 4 is 5.91 Å². The maximum atomic E-state index is 13.5. The minimum atomic E-state index is -0.691. The van der Waals surface area contributed by atoms with Crippen molar-refractivity contribution in [2.45, 2.75) is 25.5 Å². The van der Waals surface area contributed by atoms with E-state index >= 15 is 0 Å². The number of tetrazole rings is 1. The van der Waals surface area contributed by atoms with Crippen molar-refractivity contribution in [3.63, 3.8) is 0 Å². The van der Waals surface area contributed by atoms with E-state index in [0.717, 1.165) is 0 Å². The quantitative estimate of drug-likeness (QED) is 0.656. The fraction of sp³-hybridized carbons (Fsp3) is 0.500. The third-order valence-corrected chi connectivity index (χ3v) is 4.42. The number of carbonyl (C=O) groups excluding carboxylic acids is 1. The number of amides is 1. The van der Waals surface area contributed by atoms with Crippen LogP contribution < -0.4 is 10.6 Å². The number of nitrogens with one attached hydrogen (secondary N) is 2. The summed E-state index contributed by atoms with van der Waals surface area (Å²) in [6, 6.07) is 5.42. The smallest absolute Gasteiger partial charge is 0.245 e. The van der Waals surface area contributed by atoms with E-state index in [9.17, 15) is 14.3 Å². The van der Waals surface area contributed by atoms with Crippen LogP contribution in [0.5, 0.6) is 0 Å². The van der Waals surface area contributed by atoms with Crippen molar-refractivity contribution < 1.29 is 14.3 Å². The molecule has 9 heteroatoms. The molecule has 3 atom stereocenters. The summed E-state index contributed by atoms with van der Waals surface area (Å²) in [5.74, 6) is -0.156. The number of aromatic nitrogens is 4. The molecule has 1 aromatic heterocycles. The molecule has 0 radical (unpaired) electrons. The molecule has 0 bridgehead atoms. The molecule has 8 nitrogen and oxygen atoms in total. The van der Waals surface area contributed by atoms with Crippen LogP contribution in [-0.4, -0.2) is 57.0 Å². The van der Waals surface area contributed by atoms with Gasteiger partial charge in [0, 0.05) is 32.0 Å². The highest BCUT2D eigenvalue weighted by Gasteiger charge is 2.28. The molecular weight excluding hydrogens is 327 g/mol. The van der Waals surface area contributed by atoms with Gasteiger partial charge in [-0.25, -0.2) is 9.07 Å². The summed E-state index contributed by atoms with van der Waals surface area (Å²) in [6.07, 6.45) is -0.210. The topological polar surface area (TPSA) is 105 Å². The zero-order chi connectivity index (χ0) is 17.8. The second-order valence-corrected chi connectivity index (χ2v) is 6.25. The van der Waals surface area contributed by atoms with Crippen LogP contribution in [0.1, 0.15) is 17.4 Å². The number of aryl methyl sites for hydroxylation is 1. The first-order valence-corrected chi connectivity index (χ1v) is 8.20. The van der Waals surface area contributed by atoms with Crippen molar-refractivity contribution in [2.24, 2.45) is 5.92 Å². The SMILES string of the molecule is Cc1nnnn1C(Cc1cccc(F)c1)C(=O)NCC1CNCC1O. The minimum Gasteiger partial charge on any atom is -0.391 e. The van der Waals surface area contributed by atoms with Crippen molar-refractivity contribution in [3.05, 3.63) is 41.5 Å². The maximum absolute atomic E-state index is 13.5. The van der Waals surface area contributed by atoms with Crippen LogP contribution in [0.2, 0.25) is 0 Å². The van der Waals surface area contributed by atoms with E-state index in [-0.39, 0.29) is 24.1 Å². The largest absolute Gasteiger partial charge is 0.391 e. The molecule has 134 valence electrons. The van der Waals surface area contributed by atoms with Gasteiger partial charge in [-0.3, -0.25) is 4.79 Å². The summed E-state index contributed by atoms with van der Waals surface area (Å²) in [5, 5.41) is 27.1. The lowest BCUT2D eigenvalue weighted by atomic mass is 10.0. The van der Waals surface area contributed by atoms with Crippen molar-refractivity contribution in [3.8, 4) is 0 Å². The van der Waals surface area contributed by atoms with E-state index in [2.05, 4.69) is 26.2 Å². The molecule has 2 aromatic rings. The lowest BCUT2D eigenvalue weighted by Crippen LogP contribution is -2.40. The molecular formula is C16H21FN6O2. The number of rotatable bonds is 6. The van der Waals surface area contributed by atoms with E-state index in [1.807, 2.05) is 0 Å². The Bertz CT molecular complexity index is 737. The van der Waals surface area contributed by atoms with Crippen molar-refractivity contribution in [1.82, 2.24) is 30.8 Å². The molecule has 3 N–H and O–H groups in total. The highest BCUT2D eigenvalue weighted by molar-refractivity contribution is 5.80. The number of carbonyl (C=O) groups is 1. The Morgan fingerprint density at radius 2 is 2.36 bits per heavy atom. The van der Waals surface area contributed by atoms with Gasteiger partial charge in [0.2, 0.25) is 5.91 Å². The molecule has 0 saturated carbocycles. The first-order chi connectivity index (χ1) is 12.0. The first-order valence-electron chi connectivity index (χ1n) is 8.20. The fourth-order valence-electron chi connectivity index (χ4n) is 2.98. The van der Waals surface area contributed by atoms with Crippen LogP contribution in [0.3, 0.4) is 0 Å². The number of hydrogen-bond acceptors (Lipinski definition) is 6. The number of halogens is 1. The minimum absolute atomic E-state index is 0.0336. The van der Waals surface area contributed by atoms with Gasteiger partial charge >= 0.3 is 0 Å². The molecule has 0 spiro atoms. The highest BCUT2D eigenvalue weighted by Crippen LogP contribution is 2.16. The monoisotopic (exact) mass is 348 g/mol. The van der Waals surface area contributed by atoms with E-state index in [0.29, 0.717) is 31.0 Å². The van der Waals surface area contributed by atoms with Gasteiger partial charge in [0.25, 0.3) is 0 Å². The molecule has 0 aliphatic carbocycles. The number of hydrogen-bond donors (Lipinski definition) is 3. The first kappa shape index (κ1) is 17.4. The molecule has 25 heavy (non-hydrogen) atoms. The zero-order valence-electron chi connectivity index (χ0n) is 13.9. The standard InChI is InChI=1S/C16H21FN6O2/c1-10-20-21-22-23(10)14(6-11-3-2-4-13(17)5-11)16(25)19-8-12-7-18-9-15(12)24/h2-5,12,14-15,18,24H,6-9H2,1H3,(H,19,25). The summed E-state index contributed by atoms with van der Waals surface area (Å²) in [5.41, 5.74) is 0.678. The number of aliphatic hydroxyl groups excluding tert-OH is 1. The van der Waals surface area contributed by atoms with Gasteiger partial charge in [-0.1, -0.05) is 12.1 Å². The average Bonchev–Trinajstić information content (AvgIpc) is 3.19. The number of aliphatic hydroxyl groups is 1. The summed E-state index contributed by atoms with van der Waals surface area (Å²) in [4.78, 5) is 12.7. The Morgan fingerprint density at radius 1 is 1.52 bits per heavy atom. The van der Waals surface area contributed by atoms with Crippen LogP contribution in [-0.2, 0) is 11.2 Å². The number of nitrogens with zero attached hydrogens (tertiary/aromatic N) is 4. The lowest BCUT2D eigenvalue weighted by molar-refractivity contribution is -0.125. The van der Waals surface area contributed by atoms with Gasteiger partial charge < -0.3 is 15.7 Å². The maximum Gasteiger partial charge on any atom is 0.245 e. The Labute approximate surface area is 144 Å². The average molecular weight is 348 g/mol. The number of benzene rings is 1. The molecule has 2 heterocycles. The Hall–Kier alpha value is -2.39. The van der Waals surface area contributed by atoms with Crippen molar-refractivity contribution in [2.75, 3.05) is 19.6 Å². The van der Waals surface area contributed by atoms with Crippen LogP contribution in [0, 0.1) is 18.7 Å². The molecule has 1 aromatic carbocycles. The van der Waals surface area contributed by atoms with Gasteiger partial charge in [-0.2, -0.15) is 0 Å². The molecule has 1 saturated heterocycles. The van der Waals surface area contributed by atoms with Gasteiger partial charge in [0.15, 0.2) is 0 Å². The predicted molar refractivity (Wildman–Crippen MR) is 87.1 cm³/mol. The van der Waals surface area contributed by atoms with E-state index < -0.39 is 12.1 Å². The van der Waals surface area contributed by atoms with Crippen LogP contribution >= 0.6 is 0 Å². The van der Waals surface area contributed by atoms with Gasteiger partial charge in [0.05, 0.1) is 6.10 Å². The molecule has 1 aliphatic rings. The molecule has 1 fully saturated rings. The second kappa shape index (κ2) is 7.66. The van der Waals surface area contributed by atoms with Crippen molar-refractivity contribution in [1.29, 1.82) is 0 Å². The Kier molecular flexibility index (Phi) is 5.34. The third kappa shape index (κ3) is 4.18. The fourth-order valence-corrected chi connectivity index (χ4v) is 2.98. The summed E-state index contributed by atoms with van der Waals surface area (Å²) in [7, 11) is 0. The van der Waals surface area contributed by atoms with Crippen LogP contribution in [0.25, 0.3) is 0 Å². The molecule has 3 unspecified atom stereocenters. The molecule has 3 rings (SSSR count). The van der Waals surface area contributed by atoms with E-state index in [1.165, 1.54) is 16.8 Å². The summed E-state index contributed by atoms with van der Waals surface area (Å²) >= 11 is 0. The normalized spacial score (nSPS) is 21.2. The van der Waals surface area contributed by atoms with Gasteiger partial charge in [0.1, 0.15) is 17.7 Å². The van der Waals surface area contributed by atoms with Gasteiger partial charge in [-0.15, -0.1) is 5.10 Å². The summed E-state index contributed by atoms with van der Waals surface area (Å²) in [6.45, 7) is 3.24. The molecule has 1 aliphatic heterocycles. The predicted octanol–water partition coefficient (Wildman–Crippen LogP) is -0.399. The lowest BCUT2D eigenvalue weighted by Gasteiger charge is -2.20. The van der Waals surface area contributed by atoms with Gasteiger partial charge in [-0.05, 0) is 35.0 Å². The second-order valence-electron chi connectivity index (χ2n) is 6.25. The third-order valence-electron chi connectivity index (χ3n) is 4.42. The van der Waals surface area contributed by atoms with E-state index in [4.69, 9.17) is 0 Å². The van der Waals surface area contributed by atoms with Crippen LogP contribution in [0.15, 0.2) is 24.3 Å². The molecule has 1 amide bonds. The summed E-state index contributed by atoms with van der Waals surface area (Å²) < 4.78 is 14.9. The highest BCUT2D eigenvalue weighted by atomic mass is 19.1. The Morgan fingerprint density at radius 3 is 3.00 bits per heavy atom. The van der Waals surface area contributed by atoms with Crippen LogP contribution in [0.4, 0.5) is 4.39 Å². The Balaban J connectivity index is 1.74. The van der Waals surface area contributed by atoms with E-state index in [1.54, 1.807) is 19.1 Å².